The second-order valence-electron chi connectivity index (χ2n) is 6.50. The second kappa shape index (κ2) is 5.97. The Hall–Kier alpha value is -1.69. The number of carboxylic acid groups (broad SMARTS) is 1. The highest BCUT2D eigenvalue weighted by Gasteiger charge is 2.22. The van der Waals surface area contributed by atoms with E-state index in [4.69, 9.17) is 5.11 Å². The van der Waals surface area contributed by atoms with Crippen molar-refractivity contribution in [2.45, 2.75) is 46.6 Å². The van der Waals surface area contributed by atoms with Crippen LogP contribution in [0, 0.1) is 12.3 Å². The second-order valence-corrected chi connectivity index (χ2v) is 7.74. The zero-order valence-electron chi connectivity index (χ0n) is 12.8. The molecule has 0 fully saturated rings. The molecule has 2 rings (SSSR count). The third kappa shape index (κ3) is 4.39. The van der Waals surface area contributed by atoms with E-state index < -0.39 is 5.97 Å². The van der Waals surface area contributed by atoms with Crippen molar-refractivity contribution >= 4 is 33.3 Å². The number of rotatable bonds is 5. The van der Waals surface area contributed by atoms with Crippen molar-refractivity contribution in [3.8, 4) is 0 Å². The summed E-state index contributed by atoms with van der Waals surface area (Å²) >= 11 is 1.61. The van der Waals surface area contributed by atoms with Crippen molar-refractivity contribution in [2.24, 2.45) is 5.41 Å². The summed E-state index contributed by atoms with van der Waals surface area (Å²) in [4.78, 5) is 21.7. The first-order valence-corrected chi connectivity index (χ1v) is 7.76. The molecule has 0 saturated carbocycles. The Morgan fingerprint density at radius 2 is 2.14 bits per heavy atom. The number of hydrogen-bond donors (Lipinski definition) is 2. The fourth-order valence-electron chi connectivity index (χ4n) is 2.41. The maximum Gasteiger partial charge on any atom is 0.305 e. The van der Waals surface area contributed by atoms with E-state index in [9.17, 15) is 4.79 Å². The zero-order chi connectivity index (χ0) is 15.6. The number of fused-ring (bicyclic) bond motifs is 1. The van der Waals surface area contributed by atoms with Crippen LogP contribution in [0.25, 0.3) is 10.2 Å². The number of nitrogens with zero attached hydrogens (tertiary/aromatic N) is 2. The van der Waals surface area contributed by atoms with E-state index in [1.54, 1.807) is 11.3 Å². The van der Waals surface area contributed by atoms with E-state index in [2.05, 4.69) is 36.1 Å². The molecule has 1 unspecified atom stereocenters. The van der Waals surface area contributed by atoms with Crippen LogP contribution in [0.5, 0.6) is 0 Å². The number of anilines is 1. The SMILES string of the molecule is Cc1cc2c(NC(CC(=O)O)CC(C)(C)C)ncnc2s1. The quantitative estimate of drug-likeness (QED) is 0.881. The summed E-state index contributed by atoms with van der Waals surface area (Å²) in [5.74, 6) is -0.0802. The monoisotopic (exact) mass is 307 g/mol. The van der Waals surface area contributed by atoms with Crippen molar-refractivity contribution in [1.82, 2.24) is 9.97 Å². The van der Waals surface area contributed by atoms with Crippen molar-refractivity contribution in [1.29, 1.82) is 0 Å². The average molecular weight is 307 g/mol. The lowest BCUT2D eigenvalue weighted by atomic mass is 9.87. The number of aliphatic carboxylic acids is 1. The molecule has 2 heterocycles. The maximum absolute atomic E-state index is 11.1. The van der Waals surface area contributed by atoms with Crippen LogP contribution in [-0.2, 0) is 4.79 Å². The van der Waals surface area contributed by atoms with Gasteiger partial charge in [-0.2, -0.15) is 0 Å². The minimum atomic E-state index is -0.802. The summed E-state index contributed by atoms with van der Waals surface area (Å²) in [7, 11) is 0. The molecule has 2 aromatic rings. The molecule has 0 saturated heterocycles. The molecule has 0 radical (unpaired) electrons. The topological polar surface area (TPSA) is 75.1 Å². The Balaban J connectivity index is 2.27. The first kappa shape index (κ1) is 15.7. The van der Waals surface area contributed by atoms with Crippen LogP contribution in [0.3, 0.4) is 0 Å². The molecule has 21 heavy (non-hydrogen) atoms. The molecular formula is C15H21N3O2S. The molecule has 0 aliphatic rings. The highest BCUT2D eigenvalue weighted by molar-refractivity contribution is 7.18. The standard InChI is InChI=1S/C15H21N3O2S/c1-9-5-11-13(16-8-17-14(11)21-9)18-10(6-12(19)20)7-15(2,3)4/h5,8,10H,6-7H2,1-4H3,(H,19,20)(H,16,17,18). The molecule has 0 aliphatic heterocycles. The van der Waals surface area contributed by atoms with Gasteiger partial charge in [-0.3, -0.25) is 4.79 Å². The summed E-state index contributed by atoms with van der Waals surface area (Å²) in [5.41, 5.74) is 0.0455. The number of aryl methyl sites for hydroxylation is 1. The summed E-state index contributed by atoms with van der Waals surface area (Å²) in [6.45, 7) is 8.34. The number of nitrogens with one attached hydrogen (secondary N) is 1. The summed E-state index contributed by atoms with van der Waals surface area (Å²) in [5, 5.41) is 13.4. The lowest BCUT2D eigenvalue weighted by molar-refractivity contribution is -0.137. The third-order valence-corrected chi connectivity index (χ3v) is 4.03. The molecule has 0 aliphatic carbocycles. The van der Waals surface area contributed by atoms with Gasteiger partial charge in [0.25, 0.3) is 0 Å². The fraction of sp³-hybridized carbons (Fsp3) is 0.533. The Morgan fingerprint density at radius 1 is 1.43 bits per heavy atom. The minimum absolute atomic E-state index is 0.0455. The van der Waals surface area contributed by atoms with Crippen molar-refractivity contribution in [3.63, 3.8) is 0 Å². The van der Waals surface area contributed by atoms with Gasteiger partial charge in [0.15, 0.2) is 0 Å². The Bertz CT molecular complexity index is 646. The van der Waals surface area contributed by atoms with Gasteiger partial charge in [0.1, 0.15) is 17.0 Å². The van der Waals surface area contributed by atoms with Gasteiger partial charge in [-0.25, -0.2) is 9.97 Å². The smallest absolute Gasteiger partial charge is 0.305 e. The van der Waals surface area contributed by atoms with Crippen molar-refractivity contribution < 1.29 is 9.90 Å². The van der Waals surface area contributed by atoms with E-state index in [0.29, 0.717) is 0 Å². The molecule has 0 spiro atoms. The van der Waals surface area contributed by atoms with Gasteiger partial charge >= 0.3 is 5.97 Å². The van der Waals surface area contributed by atoms with Gasteiger partial charge < -0.3 is 10.4 Å². The van der Waals surface area contributed by atoms with E-state index in [-0.39, 0.29) is 17.9 Å². The fourth-order valence-corrected chi connectivity index (χ4v) is 3.26. The third-order valence-electron chi connectivity index (χ3n) is 3.07. The molecule has 0 aromatic carbocycles. The molecule has 2 aromatic heterocycles. The molecule has 1 atom stereocenters. The van der Waals surface area contributed by atoms with E-state index in [0.717, 1.165) is 22.5 Å². The number of hydrogen-bond acceptors (Lipinski definition) is 5. The first-order chi connectivity index (χ1) is 9.74. The van der Waals surface area contributed by atoms with Crippen LogP contribution >= 0.6 is 11.3 Å². The summed E-state index contributed by atoms with van der Waals surface area (Å²) in [6.07, 6.45) is 2.36. The zero-order valence-corrected chi connectivity index (χ0v) is 13.6. The lowest BCUT2D eigenvalue weighted by Gasteiger charge is -2.26. The number of carboxylic acids is 1. The highest BCUT2D eigenvalue weighted by atomic mass is 32.1. The summed E-state index contributed by atoms with van der Waals surface area (Å²) in [6, 6.07) is 1.89. The predicted molar refractivity (Wildman–Crippen MR) is 85.9 cm³/mol. The number of thiophene rings is 1. The minimum Gasteiger partial charge on any atom is -0.481 e. The molecule has 0 bridgehead atoms. The van der Waals surface area contributed by atoms with Gasteiger partial charge in [-0.15, -0.1) is 11.3 Å². The molecule has 5 nitrogen and oxygen atoms in total. The van der Waals surface area contributed by atoms with E-state index in [1.807, 2.05) is 13.0 Å². The molecule has 114 valence electrons. The highest BCUT2D eigenvalue weighted by Crippen LogP contribution is 2.30. The van der Waals surface area contributed by atoms with Crippen LogP contribution in [0.15, 0.2) is 12.4 Å². The van der Waals surface area contributed by atoms with Gasteiger partial charge in [-0.05, 0) is 24.8 Å². The van der Waals surface area contributed by atoms with Gasteiger partial charge in [0.2, 0.25) is 0 Å². The molecule has 2 N–H and O–H groups in total. The normalized spacial score (nSPS) is 13.3. The predicted octanol–water partition coefficient (Wildman–Crippen LogP) is 3.69. The summed E-state index contributed by atoms with van der Waals surface area (Å²) < 4.78 is 0. The Kier molecular flexibility index (Phi) is 4.46. The Labute approximate surface area is 128 Å². The average Bonchev–Trinajstić information content (AvgIpc) is 2.67. The van der Waals surface area contributed by atoms with Gasteiger partial charge in [0, 0.05) is 10.9 Å². The lowest BCUT2D eigenvalue weighted by Crippen LogP contribution is -2.28. The number of aromatic nitrogens is 2. The maximum atomic E-state index is 11.1. The Morgan fingerprint density at radius 3 is 2.76 bits per heavy atom. The van der Waals surface area contributed by atoms with Crippen molar-refractivity contribution in [2.75, 3.05) is 5.32 Å². The van der Waals surface area contributed by atoms with Crippen molar-refractivity contribution in [3.05, 3.63) is 17.3 Å². The van der Waals surface area contributed by atoms with Crippen LogP contribution in [0.2, 0.25) is 0 Å². The van der Waals surface area contributed by atoms with Crippen LogP contribution in [0.4, 0.5) is 5.82 Å². The molecule has 6 heteroatoms. The number of carbonyl (C=O) groups is 1. The largest absolute Gasteiger partial charge is 0.481 e. The van der Waals surface area contributed by atoms with Crippen LogP contribution < -0.4 is 5.32 Å². The molecular weight excluding hydrogens is 286 g/mol. The van der Waals surface area contributed by atoms with Gasteiger partial charge in [0.05, 0.1) is 11.8 Å². The molecule has 0 amide bonds. The van der Waals surface area contributed by atoms with Gasteiger partial charge in [-0.1, -0.05) is 20.8 Å². The van der Waals surface area contributed by atoms with E-state index in [1.165, 1.54) is 11.2 Å². The van der Waals surface area contributed by atoms with Crippen LogP contribution in [0.1, 0.15) is 38.5 Å². The van der Waals surface area contributed by atoms with E-state index >= 15 is 0 Å². The first-order valence-electron chi connectivity index (χ1n) is 6.94. The van der Waals surface area contributed by atoms with Crippen LogP contribution in [-0.4, -0.2) is 27.1 Å².